The van der Waals surface area contributed by atoms with Gasteiger partial charge in [0, 0.05) is 39.3 Å². The summed E-state index contributed by atoms with van der Waals surface area (Å²) >= 11 is 0. The number of nitrogens with zero attached hydrogens (tertiary/aromatic N) is 2. The lowest BCUT2D eigenvalue weighted by Gasteiger charge is -2.24. The van der Waals surface area contributed by atoms with Gasteiger partial charge in [-0.25, -0.2) is 9.59 Å². The monoisotopic (exact) mass is 1640 g/mol. The molecule has 0 aromatic heterocycles. The summed E-state index contributed by atoms with van der Waals surface area (Å²) in [6.07, 6.45) is 73.4. The highest BCUT2D eigenvalue weighted by Gasteiger charge is 2.19. The van der Waals surface area contributed by atoms with Gasteiger partial charge in [0.05, 0.1) is 90.4 Å². The van der Waals surface area contributed by atoms with Crippen molar-refractivity contribution in [3.63, 3.8) is 0 Å². The van der Waals surface area contributed by atoms with Gasteiger partial charge >= 0.3 is 11.9 Å². The lowest BCUT2D eigenvalue weighted by Crippen LogP contribution is -2.32. The second-order valence-corrected chi connectivity index (χ2v) is 34.2. The molecule has 0 radical (unpaired) electrons. The zero-order valence-electron chi connectivity index (χ0n) is 76.2. The molecule has 5 rings (SSSR count). The summed E-state index contributed by atoms with van der Waals surface area (Å²) in [7, 11) is 0. The van der Waals surface area contributed by atoms with Crippen LogP contribution in [0.3, 0.4) is 0 Å². The molecule has 0 atom stereocenters. The van der Waals surface area contributed by atoms with E-state index in [0.717, 1.165) is 62.5 Å². The van der Waals surface area contributed by atoms with Gasteiger partial charge < -0.3 is 47.4 Å². The number of hydrogen-bond donors (Lipinski definition) is 0. The molecular weight excluding hydrogens is 1470 g/mol. The molecule has 1 aliphatic rings. The Balaban J connectivity index is 1.03. The lowest BCUT2D eigenvalue weighted by atomic mass is 10.0. The van der Waals surface area contributed by atoms with E-state index in [1.54, 1.807) is 24.3 Å². The summed E-state index contributed by atoms with van der Waals surface area (Å²) in [4.78, 5) is 32.3. The molecule has 0 unspecified atom stereocenters. The van der Waals surface area contributed by atoms with Crippen LogP contribution in [0.5, 0.6) is 34.5 Å². The molecule has 0 N–H and O–H groups in total. The number of unbranched alkanes of at least 4 members (excludes halogenated alkanes) is 52. The van der Waals surface area contributed by atoms with Crippen LogP contribution in [-0.4, -0.2) is 127 Å². The normalized spacial score (nSPS) is 13.8. The number of esters is 2. The van der Waals surface area contributed by atoms with E-state index in [1.807, 2.05) is 60.7 Å². The molecule has 14 heteroatoms. The quantitative estimate of drug-likeness (QED) is 0.0236. The standard InChI is InChI=1S/C104H174N2O12/c1-5-9-13-17-21-25-29-33-37-41-45-49-53-57-77-113-99-71-65-95(89-101(99)115-79-59-55-51-47-43-39-35-31-27-23-19-15-11-7-3)103(107)117-97-67-61-93(62-68-97)91-105-73-81-109-85-87-111-83-75-106(76-84-112-88-86-110-82-74-105)92-94-63-69-98(70-64-94)118-104(108)96-66-72-100(114-78-58-54-50-46-42-38-34-30-26-22-18-14-10-6-2)102(90-96)116-80-60-56-52-48-44-40-36-32-28-24-20-16-12-8-4/h61-72,89-90H,5-60,73-88,91-92H2,1-4H3. The Kier molecular flexibility index (Phi) is 66.1. The van der Waals surface area contributed by atoms with Gasteiger partial charge in [0.2, 0.25) is 0 Å². The van der Waals surface area contributed by atoms with E-state index >= 15 is 0 Å². The Labute approximate surface area is 722 Å². The van der Waals surface area contributed by atoms with Crippen molar-refractivity contribution < 1.29 is 57.0 Å². The summed E-state index contributed by atoms with van der Waals surface area (Å²) in [5.41, 5.74) is 3.05. The van der Waals surface area contributed by atoms with Crippen molar-refractivity contribution in [3.05, 3.63) is 107 Å². The molecule has 0 saturated carbocycles. The second-order valence-electron chi connectivity index (χ2n) is 34.2. The van der Waals surface area contributed by atoms with Crippen LogP contribution >= 0.6 is 0 Å². The van der Waals surface area contributed by atoms with Gasteiger partial charge in [0.15, 0.2) is 23.0 Å². The molecule has 0 amide bonds. The fraction of sp³-hybridized carbons (Fsp3) is 0.750. The maximum atomic E-state index is 13.8. The molecular formula is C104H174N2O12. The fourth-order valence-corrected chi connectivity index (χ4v) is 15.8. The zero-order valence-corrected chi connectivity index (χ0v) is 76.2. The molecule has 14 nitrogen and oxygen atoms in total. The van der Waals surface area contributed by atoms with Gasteiger partial charge in [0.25, 0.3) is 0 Å². The van der Waals surface area contributed by atoms with E-state index in [9.17, 15) is 9.59 Å². The minimum atomic E-state index is -0.429. The zero-order chi connectivity index (χ0) is 83.4. The van der Waals surface area contributed by atoms with Crippen LogP contribution in [0.2, 0.25) is 0 Å². The number of ether oxygens (including phenoxy) is 10. The number of carbonyl (C=O) groups is 2. The van der Waals surface area contributed by atoms with Crippen molar-refractivity contribution in [2.75, 3.05) is 105 Å². The van der Waals surface area contributed by atoms with Crippen LogP contribution in [0.15, 0.2) is 84.9 Å². The van der Waals surface area contributed by atoms with Crippen LogP contribution in [0.4, 0.5) is 0 Å². The predicted molar refractivity (Wildman–Crippen MR) is 493 cm³/mol. The van der Waals surface area contributed by atoms with Crippen LogP contribution in [0.25, 0.3) is 0 Å². The molecule has 1 heterocycles. The largest absolute Gasteiger partial charge is 0.490 e. The summed E-state index contributed by atoms with van der Waals surface area (Å²) < 4.78 is 62.1. The Morgan fingerprint density at radius 2 is 0.449 bits per heavy atom. The van der Waals surface area contributed by atoms with Gasteiger partial charge in [-0.15, -0.1) is 0 Å². The third-order valence-corrected chi connectivity index (χ3v) is 23.4. The van der Waals surface area contributed by atoms with Gasteiger partial charge in [-0.05, 0) is 97.5 Å². The third kappa shape index (κ3) is 55.7. The van der Waals surface area contributed by atoms with Crippen molar-refractivity contribution in [2.24, 2.45) is 0 Å². The molecule has 4 aromatic carbocycles. The van der Waals surface area contributed by atoms with Crippen molar-refractivity contribution in [1.82, 2.24) is 9.80 Å². The Bertz CT molecular complexity index is 2710. The summed E-state index contributed by atoms with van der Waals surface area (Å²) in [6, 6.07) is 26.5. The Morgan fingerprint density at radius 1 is 0.246 bits per heavy atom. The Morgan fingerprint density at radius 3 is 0.669 bits per heavy atom. The van der Waals surface area contributed by atoms with Gasteiger partial charge in [-0.1, -0.05) is 386 Å². The van der Waals surface area contributed by atoms with Crippen LogP contribution in [-0.2, 0) is 32.0 Å². The molecule has 1 fully saturated rings. The molecule has 0 spiro atoms. The average Bonchev–Trinajstić information content (AvgIpc) is 0.843. The maximum absolute atomic E-state index is 13.8. The molecule has 4 aromatic rings. The smallest absolute Gasteiger partial charge is 0.343 e. The highest BCUT2D eigenvalue weighted by Crippen LogP contribution is 2.33. The van der Waals surface area contributed by atoms with Crippen LogP contribution in [0, 0.1) is 0 Å². The second kappa shape index (κ2) is 75.5. The minimum absolute atomic E-state index is 0.429. The topological polar surface area (TPSA) is 133 Å². The number of rotatable bonds is 72. The molecule has 1 saturated heterocycles. The van der Waals surface area contributed by atoms with E-state index in [0.29, 0.717) is 164 Å². The van der Waals surface area contributed by atoms with E-state index < -0.39 is 11.9 Å². The van der Waals surface area contributed by atoms with Crippen molar-refractivity contribution in [1.29, 1.82) is 0 Å². The highest BCUT2D eigenvalue weighted by atomic mass is 16.6. The first-order chi connectivity index (χ1) is 58.4. The first kappa shape index (κ1) is 103. The van der Waals surface area contributed by atoms with Gasteiger partial charge in [-0.3, -0.25) is 9.80 Å². The van der Waals surface area contributed by atoms with Crippen molar-refractivity contribution >= 4 is 11.9 Å². The predicted octanol–water partition coefficient (Wildman–Crippen LogP) is 28.9. The maximum Gasteiger partial charge on any atom is 0.343 e. The Hall–Kier alpha value is -5.22. The molecule has 0 aliphatic carbocycles. The molecule has 672 valence electrons. The summed E-state index contributed by atoms with van der Waals surface area (Å²) in [5, 5.41) is 0. The van der Waals surface area contributed by atoms with E-state index in [4.69, 9.17) is 47.4 Å². The van der Waals surface area contributed by atoms with Gasteiger partial charge in [-0.2, -0.15) is 0 Å². The first-order valence-corrected chi connectivity index (χ1v) is 49.6. The summed E-state index contributed by atoms with van der Waals surface area (Å²) in [5.74, 6) is 2.70. The molecule has 118 heavy (non-hydrogen) atoms. The first-order valence-electron chi connectivity index (χ1n) is 49.6. The molecule has 0 bridgehead atoms. The number of benzene rings is 4. The SMILES string of the molecule is CCCCCCCCCCCCCCCCOc1ccc(C(=O)Oc2ccc(CN3CCOCCOCCN(Cc4ccc(OC(=O)c5ccc(OCCCCCCCCCCCCCCCC)c(OCCCCCCCCCCCCCCCC)c5)cc4)CCOCCOCC3)cc2)cc1OCCCCCCCCCCCCCCCC. The average molecular weight is 1640 g/mol. The van der Waals surface area contributed by atoms with E-state index in [2.05, 4.69) is 37.5 Å². The van der Waals surface area contributed by atoms with Crippen LogP contribution < -0.4 is 28.4 Å². The molecule has 1 aliphatic heterocycles. The summed E-state index contributed by atoms with van der Waals surface area (Å²) in [6.45, 7) is 19.9. The van der Waals surface area contributed by atoms with Crippen molar-refractivity contribution in [2.45, 2.75) is 400 Å². The van der Waals surface area contributed by atoms with E-state index in [1.165, 1.54) is 308 Å². The van der Waals surface area contributed by atoms with Gasteiger partial charge in [0.1, 0.15) is 11.5 Å². The fourth-order valence-electron chi connectivity index (χ4n) is 15.8. The van der Waals surface area contributed by atoms with E-state index in [-0.39, 0.29) is 0 Å². The van der Waals surface area contributed by atoms with Crippen molar-refractivity contribution in [3.8, 4) is 34.5 Å². The number of carbonyl (C=O) groups excluding carboxylic acids is 2. The van der Waals surface area contributed by atoms with Crippen LogP contribution in [0.1, 0.15) is 419 Å². The minimum Gasteiger partial charge on any atom is -0.490 e. The highest BCUT2D eigenvalue weighted by molar-refractivity contribution is 5.92. The lowest BCUT2D eigenvalue weighted by molar-refractivity contribution is 0.00624. The number of hydrogen-bond acceptors (Lipinski definition) is 14. The third-order valence-electron chi connectivity index (χ3n) is 23.4.